The van der Waals surface area contributed by atoms with Crippen LogP contribution in [0.4, 0.5) is 5.69 Å². The summed E-state index contributed by atoms with van der Waals surface area (Å²) in [6.07, 6.45) is -1.11. The molecule has 0 bridgehead atoms. The van der Waals surface area contributed by atoms with E-state index in [1.165, 1.54) is 6.07 Å². The van der Waals surface area contributed by atoms with Crippen LogP contribution in [0, 0.1) is 0 Å². The summed E-state index contributed by atoms with van der Waals surface area (Å²) in [5.41, 5.74) is 2.87. The molecule has 1 aliphatic heterocycles. The summed E-state index contributed by atoms with van der Waals surface area (Å²) in [6, 6.07) is 18.4. The van der Waals surface area contributed by atoms with E-state index >= 15 is 0 Å². The van der Waals surface area contributed by atoms with Crippen molar-refractivity contribution < 1.29 is 14.0 Å². The molecule has 140 valence electrons. The number of rotatable bonds is 3. The topological polar surface area (TPSA) is 83.7 Å². The molecule has 2 heterocycles. The van der Waals surface area contributed by atoms with Gasteiger partial charge in [-0.15, -0.1) is 0 Å². The van der Waals surface area contributed by atoms with Crippen molar-refractivity contribution in [1.29, 1.82) is 0 Å². The minimum absolute atomic E-state index is 0.0600. The predicted molar refractivity (Wildman–Crippen MR) is 113 cm³/mol. The number of aliphatic imine (C=N–C) groups is 1. The number of furan rings is 1. The Bertz CT molecular complexity index is 1070. The molecule has 1 atom stereocenters. The zero-order valence-corrected chi connectivity index (χ0v) is 17.5. The largest absolute Gasteiger partial charge is 0.443 e. The van der Waals surface area contributed by atoms with E-state index < -0.39 is 18.0 Å². The van der Waals surface area contributed by atoms with Crippen LogP contribution >= 0.6 is 31.9 Å². The molecule has 2 amide bonds. The molecule has 0 spiro atoms. The standard InChI is InChI=1S/C20H13Br2N3O3/c21-13-10-15(28-17(13)22)19(26)25-18-20(27)23-14-9-5-4-8-12(14)16(24-18)11-6-2-1-3-7-11/h1-10,18H,(H,23,27)(H,25,26). The van der Waals surface area contributed by atoms with E-state index in [-0.39, 0.29) is 5.76 Å². The molecule has 28 heavy (non-hydrogen) atoms. The van der Waals surface area contributed by atoms with Crippen LogP contribution in [-0.2, 0) is 4.79 Å². The number of nitrogens with zero attached hydrogens (tertiary/aromatic N) is 1. The number of amides is 2. The highest BCUT2D eigenvalue weighted by molar-refractivity contribution is 9.13. The predicted octanol–water partition coefficient (Wildman–Crippen LogP) is 4.35. The van der Waals surface area contributed by atoms with Crippen molar-refractivity contribution in [3.05, 3.63) is 86.7 Å². The molecule has 8 heteroatoms. The Hall–Kier alpha value is -2.71. The lowest BCUT2D eigenvalue weighted by molar-refractivity contribution is -0.117. The van der Waals surface area contributed by atoms with E-state index in [0.29, 0.717) is 20.5 Å². The van der Waals surface area contributed by atoms with Gasteiger partial charge in [0.15, 0.2) is 10.4 Å². The Morgan fingerprint density at radius 1 is 1.07 bits per heavy atom. The van der Waals surface area contributed by atoms with Crippen molar-refractivity contribution >= 4 is 55.1 Å². The Morgan fingerprint density at radius 2 is 1.79 bits per heavy atom. The maximum atomic E-state index is 12.7. The number of carbonyl (C=O) groups is 2. The van der Waals surface area contributed by atoms with Crippen molar-refractivity contribution in [2.75, 3.05) is 5.32 Å². The highest BCUT2D eigenvalue weighted by Crippen LogP contribution is 2.27. The first-order valence-corrected chi connectivity index (χ1v) is 9.90. The minimum Gasteiger partial charge on any atom is -0.443 e. The molecule has 1 unspecified atom stereocenters. The van der Waals surface area contributed by atoms with Gasteiger partial charge in [0.25, 0.3) is 11.8 Å². The summed E-state index contributed by atoms with van der Waals surface area (Å²) >= 11 is 6.46. The Balaban J connectivity index is 1.73. The highest BCUT2D eigenvalue weighted by Gasteiger charge is 2.28. The van der Waals surface area contributed by atoms with Crippen LogP contribution in [-0.4, -0.2) is 23.7 Å². The number of carbonyl (C=O) groups excluding carboxylic acids is 2. The second kappa shape index (κ2) is 7.73. The molecular formula is C20H13Br2N3O3. The fourth-order valence-corrected chi connectivity index (χ4v) is 3.41. The number of hydrogen-bond donors (Lipinski definition) is 2. The third-order valence-electron chi connectivity index (χ3n) is 4.13. The molecule has 0 aliphatic carbocycles. The Labute approximate surface area is 177 Å². The number of anilines is 1. The lowest BCUT2D eigenvalue weighted by Gasteiger charge is -2.12. The molecule has 1 aliphatic rings. The smallest absolute Gasteiger partial charge is 0.289 e. The molecule has 0 saturated carbocycles. The maximum Gasteiger partial charge on any atom is 0.289 e. The number of fused-ring (bicyclic) bond motifs is 1. The van der Waals surface area contributed by atoms with Gasteiger partial charge in [0.1, 0.15) is 0 Å². The molecule has 0 radical (unpaired) electrons. The summed E-state index contributed by atoms with van der Waals surface area (Å²) in [7, 11) is 0. The lowest BCUT2D eigenvalue weighted by atomic mass is 10.0. The van der Waals surface area contributed by atoms with Gasteiger partial charge >= 0.3 is 0 Å². The summed E-state index contributed by atoms with van der Waals surface area (Å²) in [4.78, 5) is 29.8. The Kier molecular flexibility index (Phi) is 5.15. The molecule has 2 aromatic carbocycles. The normalized spacial score (nSPS) is 15.9. The summed E-state index contributed by atoms with van der Waals surface area (Å²) in [6.45, 7) is 0. The van der Waals surface area contributed by atoms with Gasteiger partial charge in [-0.3, -0.25) is 9.59 Å². The number of nitrogens with one attached hydrogen (secondary N) is 2. The van der Waals surface area contributed by atoms with Gasteiger partial charge in [-0.25, -0.2) is 4.99 Å². The van der Waals surface area contributed by atoms with Gasteiger partial charge in [-0.2, -0.15) is 0 Å². The number of benzodiazepines with no additional fused rings is 1. The van der Waals surface area contributed by atoms with E-state index in [0.717, 1.165) is 11.1 Å². The fourth-order valence-electron chi connectivity index (χ4n) is 2.83. The zero-order chi connectivity index (χ0) is 19.7. The average Bonchev–Trinajstić information content (AvgIpc) is 2.97. The summed E-state index contributed by atoms with van der Waals surface area (Å²) in [5, 5.41) is 5.45. The highest BCUT2D eigenvalue weighted by atomic mass is 79.9. The van der Waals surface area contributed by atoms with Crippen LogP contribution < -0.4 is 10.6 Å². The van der Waals surface area contributed by atoms with Gasteiger partial charge in [0.2, 0.25) is 6.17 Å². The number of benzene rings is 2. The third-order valence-corrected chi connectivity index (χ3v) is 5.84. The van der Waals surface area contributed by atoms with Crippen molar-refractivity contribution in [3.63, 3.8) is 0 Å². The van der Waals surface area contributed by atoms with E-state index in [9.17, 15) is 9.59 Å². The fraction of sp³-hybridized carbons (Fsp3) is 0.0500. The number of para-hydroxylation sites is 1. The third kappa shape index (κ3) is 3.65. The van der Waals surface area contributed by atoms with Crippen molar-refractivity contribution in [2.45, 2.75) is 6.17 Å². The molecule has 4 rings (SSSR count). The molecule has 2 N–H and O–H groups in total. The maximum absolute atomic E-state index is 12.7. The number of halogens is 2. The monoisotopic (exact) mass is 501 g/mol. The first kappa shape index (κ1) is 18.6. The lowest BCUT2D eigenvalue weighted by Crippen LogP contribution is -2.42. The molecular weight excluding hydrogens is 490 g/mol. The second-order valence-corrected chi connectivity index (χ2v) is 7.56. The molecule has 3 aromatic rings. The molecule has 0 saturated heterocycles. The summed E-state index contributed by atoms with van der Waals surface area (Å²) < 4.78 is 6.33. The van der Waals surface area contributed by atoms with Crippen LogP contribution in [0.3, 0.4) is 0 Å². The molecule has 1 aromatic heterocycles. The zero-order valence-electron chi connectivity index (χ0n) is 14.3. The SMILES string of the molecule is O=C(NC1N=C(c2ccccc2)c2ccccc2NC1=O)c1cc(Br)c(Br)o1. The quantitative estimate of drug-likeness (QED) is 0.558. The van der Waals surface area contributed by atoms with Gasteiger partial charge in [0, 0.05) is 17.2 Å². The van der Waals surface area contributed by atoms with Crippen LogP contribution in [0.5, 0.6) is 0 Å². The van der Waals surface area contributed by atoms with Gasteiger partial charge in [-0.05, 0) is 37.9 Å². The van der Waals surface area contributed by atoms with Gasteiger partial charge in [-0.1, -0.05) is 48.5 Å². The second-order valence-electron chi connectivity index (χ2n) is 5.99. The first-order valence-electron chi connectivity index (χ1n) is 8.32. The summed E-state index contributed by atoms with van der Waals surface area (Å²) in [5.74, 6) is -0.921. The molecule has 6 nitrogen and oxygen atoms in total. The van der Waals surface area contributed by atoms with Gasteiger partial charge < -0.3 is 15.1 Å². The van der Waals surface area contributed by atoms with Gasteiger partial charge in [0.05, 0.1) is 15.9 Å². The van der Waals surface area contributed by atoms with E-state index in [1.54, 1.807) is 6.07 Å². The van der Waals surface area contributed by atoms with E-state index in [2.05, 4.69) is 47.5 Å². The number of hydrogen-bond acceptors (Lipinski definition) is 4. The van der Waals surface area contributed by atoms with Crippen LogP contribution in [0.15, 0.2) is 79.2 Å². The van der Waals surface area contributed by atoms with E-state index in [1.807, 2.05) is 48.5 Å². The first-order chi connectivity index (χ1) is 13.5. The van der Waals surface area contributed by atoms with Crippen LogP contribution in [0.1, 0.15) is 21.7 Å². The molecule has 0 fully saturated rings. The van der Waals surface area contributed by atoms with Crippen molar-refractivity contribution in [2.24, 2.45) is 4.99 Å². The van der Waals surface area contributed by atoms with E-state index in [4.69, 9.17) is 4.42 Å². The van der Waals surface area contributed by atoms with Crippen LogP contribution in [0.25, 0.3) is 0 Å². The average molecular weight is 503 g/mol. The minimum atomic E-state index is -1.11. The van der Waals surface area contributed by atoms with Crippen molar-refractivity contribution in [3.8, 4) is 0 Å². The Morgan fingerprint density at radius 3 is 2.50 bits per heavy atom. The van der Waals surface area contributed by atoms with Crippen molar-refractivity contribution in [1.82, 2.24) is 5.32 Å². The van der Waals surface area contributed by atoms with Crippen LogP contribution in [0.2, 0.25) is 0 Å².